The van der Waals surface area contributed by atoms with Crippen LogP contribution in [0.25, 0.3) is 0 Å². The predicted octanol–water partition coefficient (Wildman–Crippen LogP) is 3.62. The number of anilines is 1. The third kappa shape index (κ3) is 3.11. The first-order valence-electron chi connectivity index (χ1n) is 4.40. The van der Waals surface area contributed by atoms with E-state index < -0.39 is 5.97 Å². The summed E-state index contributed by atoms with van der Waals surface area (Å²) >= 11 is 9.07. The second-order valence-corrected chi connectivity index (χ2v) is 4.71. The van der Waals surface area contributed by atoms with Crippen molar-refractivity contribution in [2.75, 3.05) is 5.32 Å². The van der Waals surface area contributed by atoms with Gasteiger partial charge in [-0.2, -0.15) is 0 Å². The monoisotopic (exact) mass is 291 g/mol. The van der Waals surface area contributed by atoms with Gasteiger partial charge in [-0.15, -0.1) is 0 Å². The number of benzene rings is 1. The first-order chi connectivity index (χ1) is 6.91. The molecule has 82 valence electrons. The molecule has 0 aliphatic carbocycles. The molecule has 0 aliphatic rings. The van der Waals surface area contributed by atoms with Gasteiger partial charge in [0.2, 0.25) is 0 Å². The molecule has 0 aliphatic heterocycles. The van der Waals surface area contributed by atoms with Crippen LogP contribution >= 0.6 is 27.5 Å². The van der Waals surface area contributed by atoms with Gasteiger partial charge in [0, 0.05) is 15.5 Å². The molecule has 1 aromatic carbocycles. The average Bonchev–Trinajstić information content (AvgIpc) is 2.08. The third-order valence-electron chi connectivity index (χ3n) is 1.72. The lowest BCUT2D eigenvalue weighted by molar-refractivity contribution is 0.0698. The van der Waals surface area contributed by atoms with Crippen LogP contribution in [0.5, 0.6) is 0 Å². The van der Waals surface area contributed by atoms with Crippen molar-refractivity contribution in [3.8, 4) is 0 Å². The van der Waals surface area contributed by atoms with Gasteiger partial charge in [-0.1, -0.05) is 11.6 Å². The number of carboxylic acids is 1. The Balaban J connectivity index is 3.27. The van der Waals surface area contributed by atoms with Crippen LogP contribution in [-0.2, 0) is 0 Å². The second kappa shape index (κ2) is 4.86. The molecule has 2 N–H and O–H groups in total. The minimum atomic E-state index is -0.999. The van der Waals surface area contributed by atoms with Crippen LogP contribution in [0.1, 0.15) is 24.2 Å². The Morgan fingerprint density at radius 1 is 1.53 bits per heavy atom. The molecule has 0 aromatic heterocycles. The van der Waals surface area contributed by atoms with E-state index >= 15 is 0 Å². The summed E-state index contributed by atoms with van der Waals surface area (Å²) in [5.74, 6) is -0.999. The number of carbonyl (C=O) groups is 1. The topological polar surface area (TPSA) is 49.3 Å². The lowest BCUT2D eigenvalue weighted by Crippen LogP contribution is -2.14. The number of hydrogen-bond acceptors (Lipinski definition) is 2. The van der Waals surface area contributed by atoms with Crippen molar-refractivity contribution < 1.29 is 9.90 Å². The Morgan fingerprint density at radius 3 is 2.60 bits per heavy atom. The Kier molecular flexibility index (Phi) is 3.99. The molecule has 5 heteroatoms. The van der Waals surface area contributed by atoms with E-state index in [2.05, 4.69) is 21.2 Å². The van der Waals surface area contributed by atoms with Crippen molar-refractivity contribution in [3.63, 3.8) is 0 Å². The summed E-state index contributed by atoms with van der Waals surface area (Å²) in [5.41, 5.74) is 0.727. The average molecular weight is 293 g/mol. The molecule has 0 spiro atoms. The lowest BCUT2D eigenvalue weighted by Gasteiger charge is -2.14. The molecule has 0 atom stereocenters. The Bertz CT molecular complexity index is 393. The molecule has 0 radical (unpaired) electrons. The molecule has 0 unspecified atom stereocenters. The molecule has 3 nitrogen and oxygen atoms in total. The summed E-state index contributed by atoms with van der Waals surface area (Å²) in [7, 11) is 0. The van der Waals surface area contributed by atoms with Crippen molar-refractivity contribution in [1.29, 1.82) is 0 Å². The predicted molar refractivity (Wildman–Crippen MR) is 64.9 cm³/mol. The molecule has 1 rings (SSSR count). The van der Waals surface area contributed by atoms with E-state index in [-0.39, 0.29) is 11.6 Å². The second-order valence-electron chi connectivity index (χ2n) is 3.41. The largest absolute Gasteiger partial charge is 0.478 e. The summed E-state index contributed by atoms with van der Waals surface area (Å²) in [6.45, 7) is 3.87. The fourth-order valence-corrected chi connectivity index (χ4v) is 2.10. The number of halogens is 2. The van der Waals surface area contributed by atoms with Crippen molar-refractivity contribution in [2.45, 2.75) is 19.9 Å². The quantitative estimate of drug-likeness (QED) is 0.894. The summed E-state index contributed by atoms with van der Waals surface area (Å²) in [4.78, 5) is 11.0. The van der Waals surface area contributed by atoms with Crippen molar-refractivity contribution >= 4 is 39.2 Å². The van der Waals surface area contributed by atoms with E-state index in [1.165, 1.54) is 6.07 Å². The first-order valence-corrected chi connectivity index (χ1v) is 5.57. The van der Waals surface area contributed by atoms with Gasteiger partial charge in [0.05, 0.1) is 11.3 Å². The maximum absolute atomic E-state index is 11.0. The van der Waals surface area contributed by atoms with Gasteiger partial charge in [-0.05, 0) is 41.9 Å². The van der Waals surface area contributed by atoms with E-state index in [0.29, 0.717) is 15.2 Å². The van der Waals surface area contributed by atoms with Crippen LogP contribution in [0, 0.1) is 0 Å². The van der Waals surface area contributed by atoms with E-state index in [1.807, 2.05) is 13.8 Å². The SMILES string of the molecule is CC(C)Nc1c(Br)cc(Cl)cc1C(=O)O. The van der Waals surface area contributed by atoms with Crippen LogP contribution in [0.2, 0.25) is 5.02 Å². The van der Waals surface area contributed by atoms with E-state index in [4.69, 9.17) is 16.7 Å². The number of rotatable bonds is 3. The van der Waals surface area contributed by atoms with Crippen LogP contribution in [0.3, 0.4) is 0 Å². The van der Waals surface area contributed by atoms with Gasteiger partial charge in [0.25, 0.3) is 0 Å². The van der Waals surface area contributed by atoms with Crippen molar-refractivity contribution in [2.24, 2.45) is 0 Å². The molecular weight excluding hydrogens is 281 g/mol. The minimum Gasteiger partial charge on any atom is -0.478 e. The zero-order chi connectivity index (χ0) is 11.6. The van der Waals surface area contributed by atoms with Crippen molar-refractivity contribution in [3.05, 3.63) is 27.2 Å². The summed E-state index contributed by atoms with van der Waals surface area (Å²) < 4.78 is 0.654. The highest BCUT2D eigenvalue weighted by atomic mass is 79.9. The van der Waals surface area contributed by atoms with Gasteiger partial charge in [-0.3, -0.25) is 0 Å². The van der Waals surface area contributed by atoms with Crippen LogP contribution < -0.4 is 5.32 Å². The number of hydrogen-bond donors (Lipinski definition) is 2. The van der Waals surface area contributed by atoms with Gasteiger partial charge >= 0.3 is 5.97 Å². The van der Waals surface area contributed by atoms with Crippen LogP contribution in [0.4, 0.5) is 5.69 Å². The molecular formula is C10H11BrClNO2. The molecule has 0 heterocycles. The van der Waals surface area contributed by atoms with Gasteiger partial charge < -0.3 is 10.4 Å². The van der Waals surface area contributed by atoms with Crippen LogP contribution in [0.15, 0.2) is 16.6 Å². The maximum atomic E-state index is 11.0. The van der Waals surface area contributed by atoms with Crippen molar-refractivity contribution in [1.82, 2.24) is 0 Å². The molecule has 0 bridgehead atoms. The molecule has 0 amide bonds. The number of aromatic carboxylic acids is 1. The highest BCUT2D eigenvalue weighted by Gasteiger charge is 2.15. The fourth-order valence-electron chi connectivity index (χ4n) is 1.18. The molecule has 0 saturated heterocycles. The summed E-state index contributed by atoms with van der Waals surface area (Å²) in [6.07, 6.45) is 0. The zero-order valence-corrected chi connectivity index (χ0v) is 10.7. The Morgan fingerprint density at radius 2 is 2.13 bits per heavy atom. The zero-order valence-electron chi connectivity index (χ0n) is 8.34. The third-order valence-corrected chi connectivity index (χ3v) is 2.56. The smallest absolute Gasteiger partial charge is 0.337 e. The highest BCUT2D eigenvalue weighted by molar-refractivity contribution is 9.10. The lowest BCUT2D eigenvalue weighted by atomic mass is 10.1. The van der Waals surface area contributed by atoms with Gasteiger partial charge in [-0.25, -0.2) is 4.79 Å². The van der Waals surface area contributed by atoms with Gasteiger partial charge in [0.15, 0.2) is 0 Å². The molecule has 0 fully saturated rings. The highest BCUT2D eigenvalue weighted by Crippen LogP contribution is 2.31. The fraction of sp³-hybridized carbons (Fsp3) is 0.300. The van der Waals surface area contributed by atoms with E-state index in [9.17, 15) is 4.79 Å². The molecule has 0 saturated carbocycles. The van der Waals surface area contributed by atoms with E-state index in [0.717, 1.165) is 0 Å². The summed E-state index contributed by atoms with van der Waals surface area (Å²) in [6, 6.07) is 3.25. The van der Waals surface area contributed by atoms with E-state index in [1.54, 1.807) is 6.07 Å². The first kappa shape index (κ1) is 12.3. The number of nitrogens with one attached hydrogen (secondary N) is 1. The van der Waals surface area contributed by atoms with Crippen LogP contribution in [-0.4, -0.2) is 17.1 Å². The molecule has 15 heavy (non-hydrogen) atoms. The Hall–Kier alpha value is -0.740. The number of carboxylic acid groups (broad SMARTS) is 1. The molecule has 1 aromatic rings. The summed E-state index contributed by atoms with van der Waals surface area (Å²) in [5, 5.41) is 12.5. The standard InChI is InChI=1S/C10H11BrClNO2/c1-5(2)13-9-7(10(14)15)3-6(12)4-8(9)11/h3-5,13H,1-2H3,(H,14,15). The Labute approximate surface area is 102 Å². The normalized spacial score (nSPS) is 10.5. The minimum absolute atomic E-state index is 0.153. The maximum Gasteiger partial charge on any atom is 0.337 e. The van der Waals surface area contributed by atoms with Gasteiger partial charge in [0.1, 0.15) is 0 Å².